The van der Waals surface area contributed by atoms with E-state index in [0.29, 0.717) is 0 Å². The molecule has 0 atom stereocenters. The van der Waals surface area contributed by atoms with Gasteiger partial charge in [0.25, 0.3) is 0 Å². The second-order valence-corrected chi connectivity index (χ2v) is 18.7. The van der Waals surface area contributed by atoms with Crippen LogP contribution in [0.3, 0.4) is 0 Å². The number of para-hydroxylation sites is 3. The van der Waals surface area contributed by atoms with E-state index in [2.05, 4.69) is 240 Å². The minimum absolute atomic E-state index is 0. The molecule has 0 radical (unpaired) electrons. The van der Waals surface area contributed by atoms with Crippen molar-refractivity contribution >= 4 is 72.4 Å². The van der Waals surface area contributed by atoms with Crippen molar-refractivity contribution in [3.05, 3.63) is 231 Å². The Balaban J connectivity index is -0.0000000140. The fourth-order valence-electron chi connectivity index (χ4n) is 9.38. The third-order valence-electron chi connectivity index (χ3n) is 11.9. The number of hydrogen-bond acceptors (Lipinski definition) is 0. The molecule has 394 valence electrons. The lowest BCUT2D eigenvalue weighted by Gasteiger charge is -2.34. The number of aromatic nitrogens is 2. The molecule has 0 aliphatic rings. The van der Waals surface area contributed by atoms with Crippen LogP contribution in [0, 0.1) is 0 Å². The van der Waals surface area contributed by atoms with Crippen molar-refractivity contribution < 1.29 is 89.9 Å². The van der Waals surface area contributed by atoms with Crippen LogP contribution < -0.4 is 20.7 Å². The van der Waals surface area contributed by atoms with Gasteiger partial charge in [0.15, 0.2) is 8.07 Å². The highest BCUT2D eigenvalue weighted by Crippen LogP contribution is 2.38. The van der Waals surface area contributed by atoms with Crippen molar-refractivity contribution in [3.8, 4) is 22.5 Å². The average molecular weight is 870 g/mol. The standard InChI is InChI=1S/C54H38N2Si.63H2/c1-5-18-41(19-6-1)55-51-30-15-13-28-47(51)49-36-39(32-34-53(49)55)40-33-35-54-50(37-40)48-29-14-16-31-52(48)56(54)42-20-17-27-46(38-42)57(43-21-7-2-8-22-43,44-23-9-3-10-24-44)45-25-11-4-12-26-45;;;;;;;;;;;;;;;;;;;;;;;;;;;;;;;;;;;;;;;;;;;;;;;;;;;;;;;;;;;;;;;/h1-38H;63*1H. The molecule has 2 nitrogen and oxygen atoms in total. The first-order valence-corrected chi connectivity index (χ1v) is 21.7. The van der Waals surface area contributed by atoms with E-state index in [-0.39, 0.29) is 89.9 Å². The molecule has 9 aromatic carbocycles. The quantitative estimate of drug-likeness (QED) is 0.112. The van der Waals surface area contributed by atoms with Gasteiger partial charge in [-0.1, -0.05) is 170 Å². The summed E-state index contributed by atoms with van der Waals surface area (Å²) >= 11 is 0. The Morgan fingerprint density at radius 1 is 0.263 bits per heavy atom. The Kier molecular flexibility index (Phi) is 7.87. The number of rotatable bonds is 7. The highest BCUT2D eigenvalue weighted by atomic mass is 28.3. The summed E-state index contributed by atoms with van der Waals surface area (Å²) < 4.78 is 4.85. The molecule has 2 aromatic heterocycles. The molecule has 11 rings (SSSR count). The molecule has 0 saturated heterocycles. The smallest absolute Gasteiger partial charge is 0.179 e. The van der Waals surface area contributed by atoms with Gasteiger partial charge in [0, 0.05) is 123 Å². The summed E-state index contributed by atoms with van der Waals surface area (Å²) in [7, 11) is -2.71. The average Bonchev–Trinajstić information content (AvgIpc) is 1.72. The molecule has 0 fully saturated rings. The Morgan fingerprint density at radius 2 is 0.632 bits per heavy atom. The summed E-state index contributed by atoms with van der Waals surface area (Å²) in [4.78, 5) is 0. The number of benzene rings is 9. The highest BCUT2D eigenvalue weighted by molar-refractivity contribution is 7.19. The first-order chi connectivity index (χ1) is 28.3. The zero-order valence-electron chi connectivity index (χ0n) is 31.3. The Labute approximate surface area is 426 Å². The Bertz CT molecular complexity index is 3240. The minimum atomic E-state index is -2.71. The summed E-state index contributed by atoms with van der Waals surface area (Å²) in [6.45, 7) is 0. The van der Waals surface area contributed by atoms with Gasteiger partial charge in [0.05, 0.1) is 22.1 Å². The van der Waals surface area contributed by atoms with E-state index in [1.807, 2.05) is 0 Å². The van der Waals surface area contributed by atoms with Gasteiger partial charge in [-0.2, -0.15) is 0 Å². The maximum atomic E-state index is 2.47. The van der Waals surface area contributed by atoms with Gasteiger partial charge in [-0.25, -0.2) is 0 Å². The van der Waals surface area contributed by atoms with Crippen LogP contribution in [0.4, 0.5) is 0 Å². The van der Waals surface area contributed by atoms with Gasteiger partial charge in [-0.05, 0) is 92.5 Å². The van der Waals surface area contributed by atoms with E-state index < -0.39 is 8.07 Å². The predicted octanol–water partition coefficient (Wildman–Crippen LogP) is 26.4. The van der Waals surface area contributed by atoms with E-state index in [0.717, 1.165) is 0 Å². The zero-order chi connectivity index (χ0) is 37.8. The summed E-state index contributed by atoms with van der Waals surface area (Å²) in [5, 5.41) is 10.5. The maximum absolute atomic E-state index is 2.71. The summed E-state index contributed by atoms with van der Waals surface area (Å²) in [5.74, 6) is 0. The van der Waals surface area contributed by atoms with Gasteiger partial charge >= 0.3 is 0 Å². The van der Waals surface area contributed by atoms with E-state index >= 15 is 0 Å². The number of nitrogens with zero attached hydrogens (tertiary/aromatic N) is 2. The fraction of sp³-hybridized carbons (Fsp3) is 0. The van der Waals surface area contributed by atoms with Gasteiger partial charge in [0.2, 0.25) is 0 Å². The van der Waals surface area contributed by atoms with Crippen molar-refractivity contribution in [2.75, 3.05) is 0 Å². The van der Waals surface area contributed by atoms with Crippen LogP contribution in [-0.4, -0.2) is 17.2 Å². The van der Waals surface area contributed by atoms with Crippen LogP contribution >= 0.6 is 0 Å². The molecule has 2 heterocycles. The van der Waals surface area contributed by atoms with Gasteiger partial charge in [0.1, 0.15) is 0 Å². The van der Waals surface area contributed by atoms with Crippen LogP contribution in [-0.2, 0) is 0 Å². The van der Waals surface area contributed by atoms with Crippen molar-refractivity contribution in [2.45, 2.75) is 0 Å². The zero-order valence-corrected chi connectivity index (χ0v) is 32.3. The summed E-state index contributed by atoms with van der Waals surface area (Å²) in [5.41, 5.74) is 9.59. The summed E-state index contributed by atoms with van der Waals surface area (Å²) in [6, 6.07) is 85.1. The van der Waals surface area contributed by atoms with Gasteiger partial charge < -0.3 is 9.13 Å². The number of hydrogen-bond donors (Lipinski definition) is 0. The number of fused-ring (bicyclic) bond motifs is 6. The lowest BCUT2D eigenvalue weighted by Crippen LogP contribution is -2.74. The molecule has 0 bridgehead atoms. The lowest BCUT2D eigenvalue weighted by atomic mass is 10.0. The van der Waals surface area contributed by atoms with Crippen LogP contribution in [0.2, 0.25) is 0 Å². The second-order valence-electron chi connectivity index (χ2n) is 14.9. The Morgan fingerprint density at radius 3 is 1.12 bits per heavy atom. The largest absolute Gasteiger partial charge is 0.309 e. The molecule has 0 aliphatic carbocycles. The molecule has 11 aromatic rings. The minimum Gasteiger partial charge on any atom is -0.309 e. The maximum Gasteiger partial charge on any atom is 0.179 e. The molecule has 0 unspecified atom stereocenters. The first-order valence-electron chi connectivity index (χ1n) is 19.7. The Hall–Kier alpha value is -7.20. The molecule has 0 N–H and O–H groups in total. The molecule has 3 heteroatoms. The van der Waals surface area contributed by atoms with Crippen LogP contribution in [0.1, 0.15) is 89.9 Å². The normalized spacial score (nSPS) is 11.9. The van der Waals surface area contributed by atoms with Crippen LogP contribution in [0.25, 0.3) is 66.1 Å². The molecule has 0 spiro atoms. The highest BCUT2D eigenvalue weighted by Gasteiger charge is 2.41. The molecular weight excluding hydrogens is 705 g/mol. The molecular formula is C54H164N2Si. The third-order valence-corrected chi connectivity index (χ3v) is 16.6. The third kappa shape index (κ3) is 5.24. The van der Waals surface area contributed by atoms with Crippen LogP contribution in [0.5, 0.6) is 0 Å². The fourth-order valence-corrected chi connectivity index (χ4v) is 14.2. The van der Waals surface area contributed by atoms with Crippen molar-refractivity contribution in [2.24, 2.45) is 0 Å². The van der Waals surface area contributed by atoms with E-state index in [1.54, 1.807) is 0 Å². The topological polar surface area (TPSA) is 9.86 Å². The van der Waals surface area contributed by atoms with Crippen LogP contribution in [0.15, 0.2) is 231 Å². The van der Waals surface area contributed by atoms with E-state index in [4.69, 9.17) is 0 Å². The second kappa shape index (κ2) is 13.5. The lowest BCUT2D eigenvalue weighted by molar-refractivity contribution is 1.18. The van der Waals surface area contributed by atoms with Gasteiger partial charge in [-0.3, -0.25) is 0 Å². The first kappa shape index (κ1) is 33.2. The van der Waals surface area contributed by atoms with E-state index in [9.17, 15) is 0 Å². The molecule has 0 amide bonds. The predicted molar refractivity (Wildman–Crippen MR) is 377 cm³/mol. The van der Waals surface area contributed by atoms with Crippen molar-refractivity contribution in [1.29, 1.82) is 0 Å². The van der Waals surface area contributed by atoms with E-state index in [1.165, 1.54) is 86.9 Å². The van der Waals surface area contributed by atoms with Crippen molar-refractivity contribution in [3.63, 3.8) is 0 Å². The monoisotopic (exact) mass is 869 g/mol. The molecule has 57 heavy (non-hydrogen) atoms. The molecule has 0 saturated carbocycles. The SMILES string of the molecule is [HH].[HH].[HH].[HH].[HH].[HH].[HH].[HH].[HH].[HH].[HH].[HH].[HH].[HH].[HH].[HH].[HH].[HH].[HH].[HH].[HH].[HH].[HH].[HH].[HH].[HH].[HH].[HH].[HH].[HH].[HH].[HH].[HH].[HH].[HH].[HH].[HH].[HH].[HH].[HH].[HH].[HH].[HH].[HH].[HH].[HH].[HH].[HH].[HH].[HH].[HH].[HH].[HH].[HH].[HH].[HH].[HH].[HH].[HH].[HH].[HH].[HH].[HH].c1ccc(-n2c3ccccc3c3cc(-c4ccc5c(c4)c4ccccc4n5-c4cccc([Si](c5ccccc5)(c5ccccc5)c5ccccc5)c4)ccc32)cc1. The molecule has 0 aliphatic heterocycles. The van der Waals surface area contributed by atoms with Crippen molar-refractivity contribution in [1.82, 2.24) is 9.13 Å². The summed E-state index contributed by atoms with van der Waals surface area (Å²) in [6.07, 6.45) is 0. The van der Waals surface area contributed by atoms with Gasteiger partial charge in [-0.15, -0.1) is 0 Å².